The summed E-state index contributed by atoms with van der Waals surface area (Å²) in [6.45, 7) is 12.6. The van der Waals surface area contributed by atoms with Crippen LogP contribution in [-0.2, 0) is 24.8 Å². The number of amides is 1. The molecular weight excluding hydrogens is 398 g/mol. The SMILES string of the molecule is Cn1c2c(c3cc(C(=O)N4CCC(C(C)(C)C)CC4)ccc31)CN(C1CCOCC1)CC2. The highest BCUT2D eigenvalue weighted by Crippen LogP contribution is 2.36. The summed E-state index contributed by atoms with van der Waals surface area (Å²) in [7, 11) is 2.18. The van der Waals surface area contributed by atoms with Gasteiger partial charge < -0.3 is 14.2 Å². The third-order valence-corrected chi connectivity index (χ3v) is 8.39. The number of aryl methyl sites for hydroxylation is 1. The number of ether oxygens (including phenoxy) is 1. The fraction of sp³-hybridized carbons (Fsp3) is 0.667. The first kappa shape index (κ1) is 22.0. The summed E-state index contributed by atoms with van der Waals surface area (Å²) >= 11 is 0. The van der Waals surface area contributed by atoms with Crippen molar-refractivity contribution in [2.24, 2.45) is 18.4 Å². The molecule has 0 saturated carbocycles. The minimum Gasteiger partial charge on any atom is -0.381 e. The van der Waals surface area contributed by atoms with Gasteiger partial charge in [0, 0.05) is 81.1 Å². The molecule has 0 spiro atoms. The lowest BCUT2D eigenvalue weighted by atomic mass is 9.75. The van der Waals surface area contributed by atoms with E-state index < -0.39 is 0 Å². The Hall–Kier alpha value is -1.85. The number of hydrogen-bond donors (Lipinski definition) is 0. The van der Waals surface area contributed by atoms with E-state index in [-0.39, 0.29) is 5.91 Å². The third kappa shape index (κ3) is 3.99. The van der Waals surface area contributed by atoms with E-state index in [1.165, 1.54) is 22.2 Å². The van der Waals surface area contributed by atoms with Crippen molar-refractivity contribution in [2.75, 3.05) is 32.8 Å². The van der Waals surface area contributed by atoms with Crippen LogP contribution in [0, 0.1) is 11.3 Å². The summed E-state index contributed by atoms with van der Waals surface area (Å²) < 4.78 is 7.94. The second kappa shape index (κ2) is 8.49. The Morgan fingerprint density at radius 2 is 1.75 bits per heavy atom. The first-order chi connectivity index (χ1) is 15.3. The van der Waals surface area contributed by atoms with Crippen LogP contribution in [0.4, 0.5) is 0 Å². The summed E-state index contributed by atoms with van der Waals surface area (Å²) in [4.78, 5) is 18.1. The maximum absolute atomic E-state index is 13.4. The molecule has 0 unspecified atom stereocenters. The standard InChI is InChI=1S/C27H39N3O2/c1-27(2,3)20-7-12-29(13-8-20)26(31)19-5-6-24-22(17-19)23-18-30(14-9-25(23)28(24)4)21-10-15-32-16-11-21/h5-6,17,20-21H,7-16,18H2,1-4H3. The Labute approximate surface area is 192 Å². The van der Waals surface area contributed by atoms with Gasteiger partial charge in [0.1, 0.15) is 0 Å². The van der Waals surface area contributed by atoms with Gasteiger partial charge in [-0.15, -0.1) is 0 Å². The van der Waals surface area contributed by atoms with Gasteiger partial charge in [0.05, 0.1) is 0 Å². The molecule has 5 heteroatoms. The smallest absolute Gasteiger partial charge is 0.253 e. The molecule has 0 bridgehead atoms. The van der Waals surface area contributed by atoms with Crippen LogP contribution < -0.4 is 0 Å². The molecule has 3 aliphatic heterocycles. The number of likely N-dealkylation sites (tertiary alicyclic amines) is 1. The summed E-state index contributed by atoms with van der Waals surface area (Å²) in [6.07, 6.45) is 5.57. The van der Waals surface area contributed by atoms with E-state index >= 15 is 0 Å². The minimum atomic E-state index is 0.203. The Balaban J connectivity index is 1.38. The number of rotatable bonds is 2. The Morgan fingerprint density at radius 3 is 2.44 bits per heavy atom. The van der Waals surface area contributed by atoms with Crippen LogP contribution in [0.15, 0.2) is 18.2 Å². The zero-order valence-electron chi connectivity index (χ0n) is 20.3. The number of aromatic nitrogens is 1. The van der Waals surface area contributed by atoms with Crippen LogP contribution >= 0.6 is 0 Å². The van der Waals surface area contributed by atoms with E-state index in [4.69, 9.17) is 4.74 Å². The largest absolute Gasteiger partial charge is 0.381 e. The molecule has 4 heterocycles. The number of fused-ring (bicyclic) bond motifs is 3. The van der Waals surface area contributed by atoms with Crippen molar-refractivity contribution in [2.45, 2.75) is 65.5 Å². The summed E-state index contributed by atoms with van der Waals surface area (Å²) in [6, 6.07) is 7.02. The van der Waals surface area contributed by atoms with Crippen LogP contribution in [0.5, 0.6) is 0 Å². The lowest BCUT2D eigenvalue weighted by Gasteiger charge is -2.38. The van der Waals surface area contributed by atoms with Gasteiger partial charge in [-0.1, -0.05) is 20.8 Å². The molecule has 1 aromatic carbocycles. The number of nitrogens with zero attached hydrogens (tertiary/aromatic N) is 3. The molecule has 5 nitrogen and oxygen atoms in total. The van der Waals surface area contributed by atoms with Crippen LogP contribution in [0.1, 0.15) is 68.1 Å². The molecule has 32 heavy (non-hydrogen) atoms. The van der Waals surface area contributed by atoms with Crippen LogP contribution in [-0.4, -0.2) is 59.2 Å². The van der Waals surface area contributed by atoms with Crippen molar-refractivity contribution in [3.05, 3.63) is 35.0 Å². The Morgan fingerprint density at radius 1 is 1.03 bits per heavy atom. The van der Waals surface area contributed by atoms with Gasteiger partial charge in [-0.3, -0.25) is 9.69 Å². The van der Waals surface area contributed by atoms with Crippen molar-refractivity contribution in [1.29, 1.82) is 0 Å². The predicted molar refractivity (Wildman–Crippen MR) is 129 cm³/mol. The van der Waals surface area contributed by atoms with E-state index in [1.807, 2.05) is 6.07 Å². The Kier molecular flexibility index (Phi) is 5.83. The molecule has 5 rings (SSSR count). The monoisotopic (exact) mass is 437 g/mol. The summed E-state index contributed by atoms with van der Waals surface area (Å²) in [5, 5.41) is 1.27. The summed E-state index contributed by atoms with van der Waals surface area (Å²) in [5.74, 6) is 0.903. The molecule has 1 amide bonds. The molecule has 2 aromatic rings. The van der Waals surface area contributed by atoms with E-state index in [0.29, 0.717) is 17.4 Å². The second-order valence-electron chi connectivity index (χ2n) is 11.2. The van der Waals surface area contributed by atoms with Crippen molar-refractivity contribution in [3.63, 3.8) is 0 Å². The molecule has 0 N–H and O–H groups in total. The molecule has 1 aromatic heterocycles. The number of piperidine rings is 1. The van der Waals surface area contributed by atoms with Crippen molar-refractivity contribution in [1.82, 2.24) is 14.4 Å². The van der Waals surface area contributed by atoms with Crippen LogP contribution in [0.2, 0.25) is 0 Å². The van der Waals surface area contributed by atoms with E-state index in [1.54, 1.807) is 0 Å². The summed E-state index contributed by atoms with van der Waals surface area (Å²) in [5.41, 5.74) is 5.31. The van der Waals surface area contributed by atoms with E-state index in [9.17, 15) is 4.79 Å². The molecule has 0 atom stereocenters. The molecule has 0 radical (unpaired) electrons. The minimum absolute atomic E-state index is 0.203. The maximum atomic E-state index is 13.4. The zero-order valence-corrected chi connectivity index (χ0v) is 20.3. The van der Waals surface area contributed by atoms with Gasteiger partial charge in [0.25, 0.3) is 5.91 Å². The molecular formula is C27H39N3O2. The third-order valence-electron chi connectivity index (χ3n) is 8.39. The van der Waals surface area contributed by atoms with Gasteiger partial charge in [0.15, 0.2) is 0 Å². The number of carbonyl (C=O) groups excluding carboxylic acids is 1. The molecule has 0 aliphatic carbocycles. The highest BCUT2D eigenvalue weighted by molar-refractivity contribution is 5.99. The first-order valence-electron chi connectivity index (χ1n) is 12.5. The average molecular weight is 438 g/mol. The van der Waals surface area contributed by atoms with Gasteiger partial charge >= 0.3 is 0 Å². The van der Waals surface area contributed by atoms with Crippen LogP contribution in [0.25, 0.3) is 10.9 Å². The second-order valence-corrected chi connectivity index (χ2v) is 11.2. The molecule has 3 aliphatic rings. The average Bonchev–Trinajstić information content (AvgIpc) is 3.09. The van der Waals surface area contributed by atoms with Crippen molar-refractivity contribution in [3.8, 4) is 0 Å². The van der Waals surface area contributed by atoms with Gasteiger partial charge in [0.2, 0.25) is 0 Å². The highest BCUT2D eigenvalue weighted by atomic mass is 16.5. The van der Waals surface area contributed by atoms with Crippen molar-refractivity contribution >= 4 is 16.8 Å². The molecule has 174 valence electrons. The van der Waals surface area contributed by atoms with Gasteiger partial charge in [-0.25, -0.2) is 0 Å². The van der Waals surface area contributed by atoms with Gasteiger partial charge in [-0.05, 0) is 60.8 Å². The molecule has 2 saturated heterocycles. The lowest BCUT2D eigenvalue weighted by Crippen LogP contribution is -2.42. The first-order valence-corrected chi connectivity index (χ1v) is 12.5. The number of carbonyl (C=O) groups is 1. The van der Waals surface area contributed by atoms with Crippen molar-refractivity contribution < 1.29 is 9.53 Å². The fourth-order valence-corrected chi connectivity index (χ4v) is 6.23. The molecule has 2 fully saturated rings. The fourth-order valence-electron chi connectivity index (χ4n) is 6.23. The van der Waals surface area contributed by atoms with Crippen LogP contribution in [0.3, 0.4) is 0 Å². The quantitative estimate of drug-likeness (QED) is 0.688. The maximum Gasteiger partial charge on any atom is 0.253 e. The van der Waals surface area contributed by atoms with Gasteiger partial charge in [-0.2, -0.15) is 0 Å². The highest BCUT2D eigenvalue weighted by Gasteiger charge is 2.32. The Bertz CT molecular complexity index is 988. The van der Waals surface area contributed by atoms with E-state index in [2.05, 4.69) is 54.3 Å². The number of benzene rings is 1. The normalized spacial score (nSPS) is 21.8. The number of hydrogen-bond acceptors (Lipinski definition) is 3. The topological polar surface area (TPSA) is 37.7 Å². The lowest BCUT2D eigenvalue weighted by molar-refractivity contribution is 0.0289. The van der Waals surface area contributed by atoms with E-state index in [0.717, 1.165) is 77.1 Å². The predicted octanol–water partition coefficient (Wildman–Crippen LogP) is 4.61. The zero-order chi connectivity index (χ0) is 22.5.